The van der Waals surface area contributed by atoms with E-state index in [4.69, 9.17) is 14.2 Å². The first-order chi connectivity index (χ1) is 5.24. The fourth-order valence-corrected chi connectivity index (χ4v) is 0.640. The van der Waals surface area contributed by atoms with Crippen LogP contribution in [0.1, 0.15) is 13.8 Å². The molecule has 0 amide bonds. The Labute approximate surface area is 66.4 Å². The molecule has 4 heteroatoms. The van der Waals surface area contributed by atoms with Crippen LogP contribution in [0.5, 0.6) is 0 Å². The molecule has 11 heavy (non-hydrogen) atoms. The van der Waals surface area contributed by atoms with Gasteiger partial charge in [-0.1, -0.05) is 0 Å². The SMILES string of the molecule is CCOC([C]=O)(OC)OCC. The molecule has 0 rings (SSSR count). The van der Waals surface area contributed by atoms with Crippen molar-refractivity contribution >= 4 is 6.29 Å². The third kappa shape index (κ3) is 2.96. The Morgan fingerprint density at radius 2 is 1.73 bits per heavy atom. The van der Waals surface area contributed by atoms with Crippen LogP contribution in [0.15, 0.2) is 0 Å². The van der Waals surface area contributed by atoms with Gasteiger partial charge in [-0.25, -0.2) is 0 Å². The second kappa shape index (κ2) is 5.23. The van der Waals surface area contributed by atoms with Gasteiger partial charge in [0.2, 0.25) is 0 Å². The monoisotopic (exact) mass is 161 g/mol. The molecule has 65 valence electrons. The van der Waals surface area contributed by atoms with E-state index in [1.807, 2.05) is 0 Å². The van der Waals surface area contributed by atoms with Crippen molar-refractivity contribution in [3.63, 3.8) is 0 Å². The summed E-state index contributed by atoms with van der Waals surface area (Å²) >= 11 is 0. The molecule has 0 saturated carbocycles. The van der Waals surface area contributed by atoms with Gasteiger partial charge in [0.15, 0.2) is 0 Å². The lowest BCUT2D eigenvalue weighted by molar-refractivity contribution is -0.321. The third-order valence-corrected chi connectivity index (χ3v) is 1.06. The molecule has 1 radical (unpaired) electrons. The van der Waals surface area contributed by atoms with Crippen molar-refractivity contribution in [3.05, 3.63) is 0 Å². The predicted molar refractivity (Wildman–Crippen MR) is 38.7 cm³/mol. The van der Waals surface area contributed by atoms with Crippen LogP contribution >= 0.6 is 0 Å². The van der Waals surface area contributed by atoms with E-state index < -0.39 is 5.97 Å². The predicted octanol–water partition coefficient (Wildman–Crippen LogP) is 0.469. The van der Waals surface area contributed by atoms with Gasteiger partial charge in [0, 0.05) is 7.11 Å². The van der Waals surface area contributed by atoms with E-state index in [2.05, 4.69) is 0 Å². The molecule has 0 bridgehead atoms. The van der Waals surface area contributed by atoms with Crippen LogP contribution in [-0.2, 0) is 19.0 Å². The van der Waals surface area contributed by atoms with Gasteiger partial charge in [-0.15, -0.1) is 0 Å². The molecule has 0 N–H and O–H groups in total. The maximum atomic E-state index is 10.3. The van der Waals surface area contributed by atoms with Crippen LogP contribution in [0, 0.1) is 0 Å². The quantitative estimate of drug-likeness (QED) is 0.531. The molecule has 0 heterocycles. The van der Waals surface area contributed by atoms with E-state index in [-0.39, 0.29) is 0 Å². The zero-order valence-electron chi connectivity index (χ0n) is 7.05. The van der Waals surface area contributed by atoms with Crippen LogP contribution in [-0.4, -0.2) is 32.6 Å². The van der Waals surface area contributed by atoms with Gasteiger partial charge in [-0.3, -0.25) is 4.79 Å². The van der Waals surface area contributed by atoms with Gasteiger partial charge in [0.25, 0.3) is 6.29 Å². The Balaban J connectivity index is 4.07. The maximum absolute atomic E-state index is 10.3. The van der Waals surface area contributed by atoms with Gasteiger partial charge in [-0.05, 0) is 13.8 Å². The van der Waals surface area contributed by atoms with Crippen LogP contribution in [0.4, 0.5) is 0 Å². The first-order valence-corrected chi connectivity index (χ1v) is 3.47. The number of carbonyl (C=O) groups excluding carboxylic acids is 1. The minimum Gasteiger partial charge on any atom is -0.324 e. The minimum absolute atomic E-state index is 0.336. The molecule has 0 aliphatic heterocycles. The number of hydrogen-bond acceptors (Lipinski definition) is 4. The van der Waals surface area contributed by atoms with Crippen LogP contribution in [0.3, 0.4) is 0 Å². The molecule has 4 nitrogen and oxygen atoms in total. The van der Waals surface area contributed by atoms with E-state index in [1.165, 1.54) is 7.11 Å². The second-order valence-corrected chi connectivity index (χ2v) is 1.73. The number of rotatable bonds is 6. The lowest BCUT2D eigenvalue weighted by Gasteiger charge is -2.23. The lowest BCUT2D eigenvalue weighted by Crippen LogP contribution is -2.39. The summed E-state index contributed by atoms with van der Waals surface area (Å²) < 4.78 is 14.5. The van der Waals surface area contributed by atoms with Crippen molar-refractivity contribution in [1.82, 2.24) is 0 Å². The first kappa shape index (κ1) is 10.6. The number of methoxy groups -OCH3 is 1. The van der Waals surface area contributed by atoms with E-state index in [9.17, 15) is 4.79 Å². The molecule has 0 spiro atoms. The van der Waals surface area contributed by atoms with Crippen molar-refractivity contribution in [2.45, 2.75) is 19.8 Å². The smallest absolute Gasteiger partial charge is 0.324 e. The molecule has 0 fully saturated rings. The van der Waals surface area contributed by atoms with E-state index in [1.54, 1.807) is 20.1 Å². The standard InChI is InChI=1S/C7H13O4/c1-4-10-7(6-8,9-3)11-5-2/h4-5H2,1-3H3. The fourth-order valence-electron chi connectivity index (χ4n) is 0.640. The van der Waals surface area contributed by atoms with Crippen molar-refractivity contribution in [2.75, 3.05) is 20.3 Å². The second-order valence-electron chi connectivity index (χ2n) is 1.73. The minimum atomic E-state index is -1.62. The van der Waals surface area contributed by atoms with Crippen molar-refractivity contribution < 1.29 is 19.0 Å². The summed E-state index contributed by atoms with van der Waals surface area (Å²) in [6.07, 6.45) is 1.55. The van der Waals surface area contributed by atoms with Crippen molar-refractivity contribution in [1.29, 1.82) is 0 Å². The highest BCUT2D eigenvalue weighted by molar-refractivity contribution is 5.58. The van der Waals surface area contributed by atoms with Gasteiger partial charge >= 0.3 is 5.97 Å². The Morgan fingerprint density at radius 3 is 1.91 bits per heavy atom. The summed E-state index contributed by atoms with van der Waals surface area (Å²) in [5, 5.41) is 0. The van der Waals surface area contributed by atoms with Crippen LogP contribution in [0.25, 0.3) is 0 Å². The summed E-state index contributed by atoms with van der Waals surface area (Å²) in [5.41, 5.74) is 0. The Morgan fingerprint density at radius 1 is 1.27 bits per heavy atom. The number of hydrogen-bond donors (Lipinski definition) is 0. The molecule has 0 unspecified atom stereocenters. The van der Waals surface area contributed by atoms with Gasteiger partial charge < -0.3 is 14.2 Å². The highest BCUT2D eigenvalue weighted by Crippen LogP contribution is 2.10. The maximum Gasteiger partial charge on any atom is 0.354 e. The zero-order valence-corrected chi connectivity index (χ0v) is 7.05. The van der Waals surface area contributed by atoms with Crippen LogP contribution < -0.4 is 0 Å². The fraction of sp³-hybridized carbons (Fsp3) is 0.857. The zero-order chi connectivity index (χ0) is 8.74. The summed E-state index contributed by atoms with van der Waals surface area (Å²) in [6.45, 7) is 4.15. The molecular weight excluding hydrogens is 148 g/mol. The van der Waals surface area contributed by atoms with E-state index >= 15 is 0 Å². The molecule has 0 saturated heterocycles. The van der Waals surface area contributed by atoms with Gasteiger partial charge in [0.1, 0.15) is 0 Å². The number of ether oxygens (including phenoxy) is 3. The molecular formula is C7H13O4. The Bertz CT molecular complexity index is 107. The summed E-state index contributed by atoms with van der Waals surface area (Å²) in [5.74, 6) is -1.62. The molecule has 0 aromatic heterocycles. The summed E-state index contributed by atoms with van der Waals surface area (Å²) in [6, 6.07) is 0. The van der Waals surface area contributed by atoms with E-state index in [0.29, 0.717) is 13.2 Å². The Kier molecular flexibility index (Phi) is 5.02. The highest BCUT2D eigenvalue weighted by atomic mass is 16.9. The largest absolute Gasteiger partial charge is 0.354 e. The molecule has 0 aromatic rings. The topological polar surface area (TPSA) is 44.8 Å². The Hall–Kier alpha value is -0.450. The van der Waals surface area contributed by atoms with Gasteiger partial charge in [0.05, 0.1) is 13.2 Å². The third-order valence-electron chi connectivity index (χ3n) is 1.06. The average molecular weight is 161 g/mol. The van der Waals surface area contributed by atoms with Crippen molar-refractivity contribution in [3.8, 4) is 0 Å². The van der Waals surface area contributed by atoms with E-state index in [0.717, 1.165) is 0 Å². The van der Waals surface area contributed by atoms with Crippen LogP contribution in [0.2, 0.25) is 0 Å². The molecule has 0 aliphatic carbocycles. The summed E-state index contributed by atoms with van der Waals surface area (Å²) in [7, 11) is 1.33. The average Bonchev–Trinajstić information content (AvgIpc) is 2.04. The van der Waals surface area contributed by atoms with Crippen molar-refractivity contribution in [2.24, 2.45) is 0 Å². The first-order valence-electron chi connectivity index (χ1n) is 3.47. The summed E-state index contributed by atoms with van der Waals surface area (Å²) in [4.78, 5) is 10.3. The van der Waals surface area contributed by atoms with Gasteiger partial charge in [-0.2, -0.15) is 0 Å². The molecule has 0 atom stereocenters. The normalized spacial score (nSPS) is 11.5. The lowest BCUT2D eigenvalue weighted by atomic mass is 10.6. The molecule has 0 aliphatic rings. The molecule has 0 aromatic carbocycles. The highest BCUT2D eigenvalue weighted by Gasteiger charge is 2.32.